The van der Waals surface area contributed by atoms with Crippen LogP contribution in [0.5, 0.6) is 5.75 Å². The van der Waals surface area contributed by atoms with Crippen LogP contribution in [-0.4, -0.2) is 15.1 Å². The Morgan fingerprint density at radius 2 is 1.83 bits per heavy atom. The van der Waals surface area contributed by atoms with Crippen molar-refractivity contribution in [3.63, 3.8) is 0 Å². The Bertz CT molecular complexity index is 583. The molecular weight excluding hydrogens is 234 g/mol. The molecule has 1 unspecified atom stereocenters. The van der Waals surface area contributed by atoms with E-state index in [1.165, 1.54) is 30.3 Å². The summed E-state index contributed by atoms with van der Waals surface area (Å²) < 4.78 is 0. The molecule has 0 fully saturated rings. The first kappa shape index (κ1) is 12.1. The maximum Gasteiger partial charge on any atom is 0.275 e. The Labute approximate surface area is 103 Å². The van der Waals surface area contributed by atoms with E-state index in [9.17, 15) is 20.3 Å². The highest BCUT2D eigenvalue weighted by Gasteiger charge is 2.21. The molecule has 2 aromatic carbocycles. The zero-order valence-corrected chi connectivity index (χ0v) is 9.35. The summed E-state index contributed by atoms with van der Waals surface area (Å²) in [5.41, 5.74) is 0.464. The average Bonchev–Trinajstić information content (AvgIpc) is 2.38. The molecule has 5 nitrogen and oxygen atoms in total. The van der Waals surface area contributed by atoms with Gasteiger partial charge in [0.25, 0.3) is 5.69 Å². The second-order valence-electron chi connectivity index (χ2n) is 3.81. The van der Waals surface area contributed by atoms with Gasteiger partial charge >= 0.3 is 0 Å². The Kier molecular flexibility index (Phi) is 3.25. The van der Waals surface area contributed by atoms with Crippen molar-refractivity contribution in [2.45, 2.75) is 6.10 Å². The van der Waals surface area contributed by atoms with Crippen molar-refractivity contribution in [1.82, 2.24) is 0 Å². The lowest BCUT2D eigenvalue weighted by molar-refractivity contribution is -0.386. The minimum absolute atomic E-state index is 0.00475. The summed E-state index contributed by atoms with van der Waals surface area (Å²) >= 11 is 0. The largest absolute Gasteiger partial charge is 0.508 e. The first-order chi connectivity index (χ1) is 8.59. The SMILES string of the molecule is O=[N+]([O-])c1ccccc1C(O)c1cccc(O)c1. The number of nitro groups is 1. The molecule has 0 aliphatic rings. The van der Waals surface area contributed by atoms with Crippen molar-refractivity contribution in [3.8, 4) is 5.75 Å². The smallest absolute Gasteiger partial charge is 0.275 e. The number of benzene rings is 2. The molecule has 18 heavy (non-hydrogen) atoms. The van der Waals surface area contributed by atoms with E-state index >= 15 is 0 Å². The Hall–Kier alpha value is -2.40. The molecule has 0 radical (unpaired) electrons. The van der Waals surface area contributed by atoms with E-state index in [2.05, 4.69) is 0 Å². The minimum Gasteiger partial charge on any atom is -0.508 e. The van der Waals surface area contributed by atoms with E-state index in [1.54, 1.807) is 18.2 Å². The summed E-state index contributed by atoms with van der Waals surface area (Å²) in [7, 11) is 0. The van der Waals surface area contributed by atoms with Gasteiger partial charge in [-0.05, 0) is 23.8 Å². The van der Waals surface area contributed by atoms with E-state index < -0.39 is 11.0 Å². The molecule has 0 saturated heterocycles. The molecular formula is C13H11NO4. The number of aliphatic hydroxyl groups is 1. The number of hydrogen-bond donors (Lipinski definition) is 2. The van der Waals surface area contributed by atoms with Crippen molar-refractivity contribution in [2.75, 3.05) is 0 Å². The number of aliphatic hydroxyl groups excluding tert-OH is 1. The first-order valence-corrected chi connectivity index (χ1v) is 5.30. The lowest BCUT2D eigenvalue weighted by Crippen LogP contribution is -2.03. The fourth-order valence-corrected chi connectivity index (χ4v) is 1.76. The van der Waals surface area contributed by atoms with Gasteiger partial charge in [0.2, 0.25) is 0 Å². The van der Waals surface area contributed by atoms with Gasteiger partial charge in [0.15, 0.2) is 0 Å². The quantitative estimate of drug-likeness (QED) is 0.642. The zero-order valence-electron chi connectivity index (χ0n) is 9.35. The van der Waals surface area contributed by atoms with Crippen LogP contribution in [0.25, 0.3) is 0 Å². The van der Waals surface area contributed by atoms with Crippen LogP contribution in [0.4, 0.5) is 5.69 Å². The summed E-state index contributed by atoms with van der Waals surface area (Å²) in [5, 5.41) is 30.3. The second kappa shape index (κ2) is 4.85. The molecule has 0 aliphatic heterocycles. The predicted molar refractivity (Wildman–Crippen MR) is 65.3 cm³/mol. The summed E-state index contributed by atoms with van der Waals surface area (Å²) in [4.78, 5) is 10.3. The molecule has 0 spiro atoms. The third-order valence-electron chi connectivity index (χ3n) is 2.61. The van der Waals surface area contributed by atoms with Gasteiger partial charge in [-0.15, -0.1) is 0 Å². The molecule has 0 bridgehead atoms. The molecule has 0 saturated carbocycles. The Balaban J connectivity index is 2.46. The van der Waals surface area contributed by atoms with E-state index in [1.807, 2.05) is 0 Å². The lowest BCUT2D eigenvalue weighted by Gasteiger charge is -2.11. The number of phenols is 1. The van der Waals surface area contributed by atoms with E-state index in [4.69, 9.17) is 0 Å². The van der Waals surface area contributed by atoms with Crippen LogP contribution >= 0.6 is 0 Å². The van der Waals surface area contributed by atoms with Gasteiger partial charge in [0.05, 0.1) is 10.5 Å². The van der Waals surface area contributed by atoms with Gasteiger partial charge in [0, 0.05) is 6.07 Å². The van der Waals surface area contributed by atoms with Crippen molar-refractivity contribution in [2.24, 2.45) is 0 Å². The van der Waals surface area contributed by atoms with E-state index in [0.29, 0.717) is 5.56 Å². The molecule has 0 heterocycles. The Morgan fingerprint density at radius 1 is 1.11 bits per heavy atom. The fraction of sp³-hybridized carbons (Fsp3) is 0.0769. The number of nitrogens with zero attached hydrogens (tertiary/aromatic N) is 1. The number of phenolic OH excluding ortho intramolecular Hbond substituents is 1. The van der Waals surface area contributed by atoms with Crippen LogP contribution in [0.15, 0.2) is 48.5 Å². The third-order valence-corrected chi connectivity index (χ3v) is 2.61. The van der Waals surface area contributed by atoms with Gasteiger partial charge < -0.3 is 10.2 Å². The normalized spacial score (nSPS) is 12.1. The summed E-state index contributed by atoms with van der Waals surface area (Å²) in [6.45, 7) is 0. The van der Waals surface area contributed by atoms with Crippen molar-refractivity contribution < 1.29 is 15.1 Å². The van der Waals surface area contributed by atoms with Crippen LogP contribution in [0.1, 0.15) is 17.2 Å². The number of rotatable bonds is 3. The van der Waals surface area contributed by atoms with Crippen molar-refractivity contribution in [1.29, 1.82) is 0 Å². The molecule has 1 atom stereocenters. The van der Waals surface area contributed by atoms with Crippen LogP contribution in [-0.2, 0) is 0 Å². The molecule has 0 aliphatic carbocycles. The number of nitro benzene ring substituents is 1. The van der Waals surface area contributed by atoms with Crippen LogP contribution in [0.2, 0.25) is 0 Å². The number of para-hydroxylation sites is 1. The average molecular weight is 245 g/mol. The molecule has 2 rings (SSSR count). The highest BCUT2D eigenvalue weighted by molar-refractivity contribution is 5.46. The second-order valence-corrected chi connectivity index (χ2v) is 3.81. The minimum atomic E-state index is -1.14. The maximum absolute atomic E-state index is 10.9. The van der Waals surface area contributed by atoms with Crippen LogP contribution in [0.3, 0.4) is 0 Å². The number of hydrogen-bond acceptors (Lipinski definition) is 4. The van der Waals surface area contributed by atoms with E-state index in [0.717, 1.165) is 0 Å². The first-order valence-electron chi connectivity index (χ1n) is 5.30. The molecule has 5 heteroatoms. The fourth-order valence-electron chi connectivity index (χ4n) is 1.76. The summed E-state index contributed by atoms with van der Waals surface area (Å²) in [6.07, 6.45) is -1.14. The standard InChI is InChI=1S/C13H11NO4/c15-10-5-3-4-9(8-10)13(16)11-6-1-2-7-12(11)14(17)18/h1-8,13,15-16H. The molecule has 0 amide bonds. The Morgan fingerprint density at radius 3 is 2.50 bits per heavy atom. The van der Waals surface area contributed by atoms with Crippen LogP contribution < -0.4 is 0 Å². The lowest BCUT2D eigenvalue weighted by atomic mass is 10.00. The third kappa shape index (κ3) is 2.31. The van der Waals surface area contributed by atoms with Gasteiger partial charge in [-0.25, -0.2) is 0 Å². The van der Waals surface area contributed by atoms with E-state index in [-0.39, 0.29) is 17.0 Å². The zero-order chi connectivity index (χ0) is 13.1. The predicted octanol–water partition coefficient (Wildman–Crippen LogP) is 2.38. The monoisotopic (exact) mass is 245 g/mol. The van der Waals surface area contributed by atoms with Gasteiger partial charge in [-0.3, -0.25) is 10.1 Å². The topological polar surface area (TPSA) is 83.6 Å². The van der Waals surface area contributed by atoms with Crippen molar-refractivity contribution >= 4 is 5.69 Å². The van der Waals surface area contributed by atoms with Crippen molar-refractivity contribution in [3.05, 3.63) is 69.8 Å². The molecule has 2 N–H and O–H groups in total. The van der Waals surface area contributed by atoms with Crippen LogP contribution in [0, 0.1) is 10.1 Å². The molecule has 0 aromatic heterocycles. The van der Waals surface area contributed by atoms with Gasteiger partial charge in [0.1, 0.15) is 11.9 Å². The summed E-state index contributed by atoms with van der Waals surface area (Å²) in [5.74, 6) is 0.00475. The van der Waals surface area contributed by atoms with Gasteiger partial charge in [-0.2, -0.15) is 0 Å². The van der Waals surface area contributed by atoms with Gasteiger partial charge in [-0.1, -0.05) is 24.3 Å². The highest BCUT2D eigenvalue weighted by atomic mass is 16.6. The number of aromatic hydroxyl groups is 1. The highest BCUT2D eigenvalue weighted by Crippen LogP contribution is 2.30. The summed E-state index contributed by atoms with van der Waals surface area (Å²) in [6, 6.07) is 12.0. The molecule has 92 valence electrons. The molecule has 2 aromatic rings. The maximum atomic E-state index is 10.9.